The van der Waals surface area contributed by atoms with E-state index in [1.807, 2.05) is 0 Å². The van der Waals surface area contributed by atoms with Gasteiger partial charge in [0.15, 0.2) is 0 Å². The van der Waals surface area contributed by atoms with E-state index < -0.39 is 12.2 Å². The van der Waals surface area contributed by atoms with Gasteiger partial charge in [-0.1, -0.05) is 206 Å². The summed E-state index contributed by atoms with van der Waals surface area (Å²) in [6.07, 6.45) is -0.861. The van der Waals surface area contributed by atoms with Gasteiger partial charge in [0.2, 0.25) is 0 Å². The maximum absolute atomic E-state index is 7.32. The lowest BCUT2D eigenvalue weighted by Crippen LogP contribution is -2.13. The fourth-order valence-electron chi connectivity index (χ4n) is 10.9. The summed E-state index contributed by atoms with van der Waals surface area (Å²) in [5, 5.41) is 8.77. The van der Waals surface area contributed by atoms with Gasteiger partial charge in [-0.25, -0.2) is 0 Å². The Morgan fingerprint density at radius 2 is 0.667 bits per heavy atom. The Morgan fingerprint density at radius 3 is 1.12 bits per heavy atom. The monoisotopic (exact) mass is 972 g/mol. The molecule has 1 aliphatic heterocycles. The zero-order valence-electron chi connectivity index (χ0n) is 41.3. The van der Waals surface area contributed by atoms with E-state index in [1.54, 1.807) is 0 Å². The van der Waals surface area contributed by atoms with E-state index in [2.05, 4.69) is 255 Å². The zero-order valence-corrected chi connectivity index (χ0v) is 41.3. The summed E-state index contributed by atoms with van der Waals surface area (Å²) >= 11 is 0. The van der Waals surface area contributed by atoms with Crippen LogP contribution in [0.1, 0.15) is 34.5 Å². The van der Waals surface area contributed by atoms with Crippen molar-refractivity contribution < 1.29 is 23.7 Å². The molecule has 0 saturated carbocycles. The lowest BCUT2D eigenvalue weighted by atomic mass is 9.92. The molecule has 362 valence electrons. The molecule has 5 heteroatoms. The molecule has 75 heavy (non-hydrogen) atoms. The van der Waals surface area contributed by atoms with Crippen molar-refractivity contribution in [3.8, 4) is 56.4 Å². The van der Waals surface area contributed by atoms with Crippen molar-refractivity contribution in [2.45, 2.75) is 12.2 Å². The molecule has 12 aromatic rings. The van der Waals surface area contributed by atoms with E-state index >= 15 is 0 Å². The summed E-state index contributed by atoms with van der Waals surface area (Å²) in [5.41, 5.74) is 10.4. The van der Waals surface area contributed by atoms with Crippen molar-refractivity contribution in [3.05, 3.63) is 277 Å². The lowest BCUT2D eigenvalue weighted by molar-refractivity contribution is 0.0767. The fourth-order valence-corrected chi connectivity index (χ4v) is 10.9. The van der Waals surface area contributed by atoms with Gasteiger partial charge in [-0.2, -0.15) is 0 Å². The normalized spacial score (nSPS) is 15.1. The minimum atomic E-state index is -0.430. The summed E-state index contributed by atoms with van der Waals surface area (Å²) in [5.74, 6) is 3.05. The molecular weight excluding hydrogens is 921 g/mol. The molecule has 0 aromatic heterocycles. The highest BCUT2D eigenvalue weighted by atomic mass is 16.5. The van der Waals surface area contributed by atoms with Gasteiger partial charge in [0.05, 0.1) is 13.2 Å². The smallest absolute Gasteiger partial charge is 0.149 e. The van der Waals surface area contributed by atoms with Crippen LogP contribution in [0, 0.1) is 0 Å². The largest absolute Gasteiger partial charge is 0.491 e. The molecular formula is C70H52O5. The van der Waals surface area contributed by atoms with Crippen molar-refractivity contribution in [1.29, 1.82) is 0 Å². The summed E-state index contributed by atoms with van der Waals surface area (Å²) in [4.78, 5) is 0. The molecule has 8 bridgehead atoms. The third kappa shape index (κ3) is 9.20. The molecule has 12 aromatic carbocycles. The maximum atomic E-state index is 7.32. The molecule has 1 aliphatic rings. The second kappa shape index (κ2) is 20.4. The molecule has 2 atom stereocenters. The first-order chi connectivity index (χ1) is 37.2. The van der Waals surface area contributed by atoms with E-state index in [0.717, 1.165) is 122 Å². The van der Waals surface area contributed by atoms with Crippen LogP contribution in [0.15, 0.2) is 255 Å². The van der Waals surface area contributed by atoms with E-state index in [-0.39, 0.29) is 0 Å². The molecule has 5 nitrogen and oxygen atoms in total. The molecule has 0 saturated heterocycles. The van der Waals surface area contributed by atoms with Gasteiger partial charge in [-0.05, 0) is 136 Å². The number of rotatable bonds is 2. The van der Waals surface area contributed by atoms with Gasteiger partial charge in [0.25, 0.3) is 0 Å². The summed E-state index contributed by atoms with van der Waals surface area (Å²) in [7, 11) is 0. The first-order valence-electron chi connectivity index (χ1n) is 25.8. The Kier molecular flexibility index (Phi) is 12.4. The highest BCUT2D eigenvalue weighted by molar-refractivity contribution is 6.09. The van der Waals surface area contributed by atoms with Crippen LogP contribution in [0.2, 0.25) is 0 Å². The average molecular weight is 973 g/mol. The van der Waals surface area contributed by atoms with Gasteiger partial charge < -0.3 is 23.7 Å². The first kappa shape index (κ1) is 45.7. The molecule has 0 amide bonds. The summed E-state index contributed by atoms with van der Waals surface area (Å²) < 4.78 is 34.4. The Morgan fingerprint density at radius 1 is 0.280 bits per heavy atom. The van der Waals surface area contributed by atoms with Crippen molar-refractivity contribution in [3.63, 3.8) is 0 Å². The summed E-state index contributed by atoms with van der Waals surface area (Å²) in [6.45, 7) is 1.44. The first-order valence-corrected chi connectivity index (χ1v) is 25.8. The molecule has 0 N–H and O–H groups in total. The lowest BCUT2D eigenvalue weighted by Gasteiger charge is -2.23. The van der Waals surface area contributed by atoms with Crippen molar-refractivity contribution >= 4 is 43.1 Å². The summed E-state index contributed by atoms with van der Waals surface area (Å²) in [6, 6.07) is 89.7. The zero-order chi connectivity index (χ0) is 49.9. The van der Waals surface area contributed by atoms with Crippen molar-refractivity contribution in [1.82, 2.24) is 0 Å². The second-order valence-corrected chi connectivity index (χ2v) is 19.1. The molecule has 0 spiro atoms. The number of fused-ring (bicyclic) bond motifs is 21. The number of hydrogen-bond acceptors (Lipinski definition) is 5. The van der Waals surface area contributed by atoms with Crippen LogP contribution >= 0.6 is 0 Å². The van der Waals surface area contributed by atoms with Gasteiger partial charge in [-0.15, -0.1) is 0 Å². The molecule has 0 radical (unpaired) electrons. The third-order valence-corrected chi connectivity index (χ3v) is 14.4. The van der Waals surface area contributed by atoms with Crippen molar-refractivity contribution in [2.24, 2.45) is 0 Å². The van der Waals surface area contributed by atoms with Crippen LogP contribution in [-0.4, -0.2) is 26.4 Å². The highest BCUT2D eigenvalue weighted by Crippen LogP contribution is 2.46. The SMILES string of the molecule is c1ccc(C2Oc3cc(c4ccccc4c3)-c3c(ccc4ccccc34)OCCOCCOc3ccc4ccccc4c3-c3cc(cc4ccccc34)OC(c3ccccc3)c3cccc(c3)-c3cccc2c3)cc1. The van der Waals surface area contributed by atoms with E-state index in [4.69, 9.17) is 23.7 Å². The molecule has 0 aliphatic carbocycles. The van der Waals surface area contributed by atoms with E-state index in [1.165, 1.54) is 0 Å². The minimum absolute atomic E-state index is 0.346. The Balaban J connectivity index is 0.979. The van der Waals surface area contributed by atoms with Crippen LogP contribution in [0.5, 0.6) is 23.0 Å². The topological polar surface area (TPSA) is 46.2 Å². The van der Waals surface area contributed by atoms with Crippen LogP contribution in [0.25, 0.3) is 76.5 Å². The van der Waals surface area contributed by atoms with Crippen LogP contribution < -0.4 is 18.9 Å². The number of hydrogen-bond donors (Lipinski definition) is 0. The van der Waals surface area contributed by atoms with E-state index in [9.17, 15) is 0 Å². The Labute approximate surface area is 436 Å². The van der Waals surface area contributed by atoms with Crippen LogP contribution in [0.4, 0.5) is 0 Å². The van der Waals surface area contributed by atoms with E-state index in [0.29, 0.717) is 26.4 Å². The van der Waals surface area contributed by atoms with Crippen molar-refractivity contribution in [2.75, 3.05) is 26.4 Å². The predicted molar refractivity (Wildman–Crippen MR) is 305 cm³/mol. The molecule has 2 unspecified atom stereocenters. The number of ether oxygens (including phenoxy) is 5. The van der Waals surface area contributed by atoms with Gasteiger partial charge in [0, 0.05) is 11.1 Å². The quantitative estimate of drug-likeness (QED) is 0.173. The minimum Gasteiger partial charge on any atom is -0.491 e. The predicted octanol–water partition coefficient (Wildman–Crippen LogP) is 17.4. The highest BCUT2D eigenvalue weighted by Gasteiger charge is 2.24. The molecule has 13 rings (SSSR count). The van der Waals surface area contributed by atoms with Gasteiger partial charge >= 0.3 is 0 Å². The fraction of sp³-hybridized carbons (Fsp3) is 0.0857. The Hall–Kier alpha value is -9.16. The Bertz CT molecular complexity index is 3760. The van der Waals surface area contributed by atoms with Gasteiger partial charge in [-0.3, -0.25) is 0 Å². The molecule has 0 fully saturated rings. The van der Waals surface area contributed by atoms with Crippen LogP contribution in [-0.2, 0) is 4.74 Å². The standard InChI is InChI=1S/C70H52O5/c1-3-19-49(20-4-1)69-55-27-15-25-51(41-55)52-26-16-28-56(42-52)70(50-21-5-2-6-22-50)75-58-44-54-24-10-12-30-60(54)64(46-58)68-62-32-14-8-18-48(62)34-36-66(68)73-40-38-71-37-39-72-65-35-33-47-17-7-13-31-61(47)67(65)63-45-57(74-69)43-53-23-9-11-29-59(53)63/h1-36,41-46,69-70H,37-40H2. The number of benzene rings is 12. The average Bonchev–Trinajstić information content (AvgIpc) is 3.47. The van der Waals surface area contributed by atoms with Crippen LogP contribution in [0.3, 0.4) is 0 Å². The van der Waals surface area contributed by atoms with Gasteiger partial charge in [0.1, 0.15) is 48.4 Å². The third-order valence-electron chi connectivity index (χ3n) is 14.4. The molecule has 1 heterocycles. The maximum Gasteiger partial charge on any atom is 0.149 e. The second-order valence-electron chi connectivity index (χ2n) is 19.1.